The number of hydrogen-bond donors (Lipinski definition) is 2. The van der Waals surface area contributed by atoms with Gasteiger partial charge in [0.2, 0.25) is 5.91 Å². The number of carbonyl (C=O) groups excluding carboxylic acids is 2. The molecule has 0 spiro atoms. The lowest BCUT2D eigenvalue weighted by Gasteiger charge is -2.22. The van der Waals surface area contributed by atoms with Crippen LogP contribution in [0.2, 0.25) is 0 Å². The second-order valence-electron chi connectivity index (χ2n) is 6.71. The van der Waals surface area contributed by atoms with Crippen LogP contribution in [0.4, 0.5) is 5.69 Å². The van der Waals surface area contributed by atoms with Crippen molar-refractivity contribution >= 4 is 17.5 Å². The van der Waals surface area contributed by atoms with Crippen LogP contribution in [-0.4, -0.2) is 25.0 Å². The second-order valence-corrected chi connectivity index (χ2v) is 6.71. The number of methoxy groups -OCH3 is 1. The minimum Gasteiger partial charge on any atom is -0.497 e. The fourth-order valence-electron chi connectivity index (χ4n) is 2.54. The lowest BCUT2D eigenvalue weighted by atomic mass is 10.0. The highest BCUT2D eigenvalue weighted by atomic mass is 16.5. The summed E-state index contributed by atoms with van der Waals surface area (Å²) in [5, 5.41) is 5.72. The molecule has 5 heteroatoms. The van der Waals surface area contributed by atoms with Crippen LogP contribution in [0, 0.1) is 19.8 Å². The molecule has 0 saturated carbocycles. The van der Waals surface area contributed by atoms with Crippen LogP contribution in [0.25, 0.3) is 0 Å². The molecule has 2 amide bonds. The summed E-state index contributed by atoms with van der Waals surface area (Å²) < 4.78 is 5.10. The Bertz CT molecular complexity index is 782. The van der Waals surface area contributed by atoms with Gasteiger partial charge in [-0.25, -0.2) is 0 Å². The van der Waals surface area contributed by atoms with Gasteiger partial charge in [-0.3, -0.25) is 9.59 Å². The molecule has 2 aromatic carbocycles. The molecule has 0 saturated heterocycles. The monoisotopic (exact) mass is 354 g/mol. The molecular weight excluding hydrogens is 328 g/mol. The second kappa shape index (κ2) is 8.52. The highest BCUT2D eigenvalue weighted by molar-refractivity contribution is 6.01. The van der Waals surface area contributed by atoms with Crippen LogP contribution in [0.3, 0.4) is 0 Å². The molecule has 0 fully saturated rings. The van der Waals surface area contributed by atoms with Crippen LogP contribution in [0.1, 0.15) is 35.3 Å². The van der Waals surface area contributed by atoms with Crippen molar-refractivity contribution in [1.82, 2.24) is 5.32 Å². The number of ether oxygens (including phenoxy) is 1. The van der Waals surface area contributed by atoms with E-state index in [-0.39, 0.29) is 17.7 Å². The molecule has 0 heterocycles. The average molecular weight is 354 g/mol. The van der Waals surface area contributed by atoms with Gasteiger partial charge in [0.25, 0.3) is 5.91 Å². The summed E-state index contributed by atoms with van der Waals surface area (Å²) in [6.45, 7) is 7.82. The van der Waals surface area contributed by atoms with E-state index in [1.165, 1.54) is 0 Å². The number of aryl methyl sites for hydroxylation is 2. The standard InChI is InChI=1S/C21H26N2O3/c1-13(2)19(21(25)22-17-9-6-14(3)15(4)12-17)23-20(24)16-7-10-18(26-5)11-8-16/h6-13,19H,1-5H3,(H,22,25)(H,23,24). The first-order valence-corrected chi connectivity index (χ1v) is 8.65. The third-order valence-electron chi connectivity index (χ3n) is 4.36. The predicted molar refractivity (Wildman–Crippen MR) is 104 cm³/mol. The number of benzene rings is 2. The molecule has 0 aliphatic rings. The van der Waals surface area contributed by atoms with E-state index in [1.54, 1.807) is 31.4 Å². The van der Waals surface area contributed by atoms with Gasteiger partial charge < -0.3 is 15.4 Å². The summed E-state index contributed by atoms with van der Waals surface area (Å²) in [5.41, 5.74) is 3.47. The minimum atomic E-state index is -0.633. The molecule has 0 aliphatic carbocycles. The Morgan fingerprint density at radius 3 is 2.15 bits per heavy atom. The number of amides is 2. The quantitative estimate of drug-likeness (QED) is 0.831. The van der Waals surface area contributed by atoms with Gasteiger partial charge in [0.15, 0.2) is 0 Å². The number of rotatable bonds is 6. The van der Waals surface area contributed by atoms with E-state index in [0.717, 1.165) is 16.8 Å². The molecule has 26 heavy (non-hydrogen) atoms. The Morgan fingerprint density at radius 2 is 1.62 bits per heavy atom. The fourth-order valence-corrected chi connectivity index (χ4v) is 2.54. The zero-order valence-corrected chi connectivity index (χ0v) is 15.9. The van der Waals surface area contributed by atoms with Gasteiger partial charge in [-0.05, 0) is 67.3 Å². The molecule has 2 N–H and O–H groups in total. The maximum Gasteiger partial charge on any atom is 0.251 e. The van der Waals surface area contributed by atoms with E-state index < -0.39 is 6.04 Å². The van der Waals surface area contributed by atoms with Gasteiger partial charge in [0.05, 0.1) is 7.11 Å². The van der Waals surface area contributed by atoms with Gasteiger partial charge >= 0.3 is 0 Å². The number of anilines is 1. The van der Waals surface area contributed by atoms with Crippen molar-refractivity contribution in [2.45, 2.75) is 33.7 Å². The number of nitrogens with one attached hydrogen (secondary N) is 2. The maximum atomic E-state index is 12.7. The lowest BCUT2D eigenvalue weighted by Crippen LogP contribution is -2.47. The van der Waals surface area contributed by atoms with E-state index in [2.05, 4.69) is 10.6 Å². The Balaban J connectivity index is 2.10. The third-order valence-corrected chi connectivity index (χ3v) is 4.36. The van der Waals surface area contributed by atoms with Crippen molar-refractivity contribution < 1.29 is 14.3 Å². The minimum absolute atomic E-state index is 0.0521. The summed E-state index contributed by atoms with van der Waals surface area (Å²) in [6, 6.07) is 11.9. The topological polar surface area (TPSA) is 67.4 Å². The Kier molecular flexibility index (Phi) is 6.39. The summed E-state index contributed by atoms with van der Waals surface area (Å²) in [5.74, 6) is 0.102. The fraction of sp³-hybridized carbons (Fsp3) is 0.333. The highest BCUT2D eigenvalue weighted by Crippen LogP contribution is 2.16. The van der Waals surface area contributed by atoms with Gasteiger partial charge in [-0.15, -0.1) is 0 Å². The number of hydrogen-bond acceptors (Lipinski definition) is 3. The van der Waals surface area contributed by atoms with Gasteiger partial charge in [-0.1, -0.05) is 19.9 Å². The summed E-state index contributed by atoms with van der Waals surface area (Å²) >= 11 is 0. The van der Waals surface area contributed by atoms with Crippen molar-refractivity contribution in [2.24, 2.45) is 5.92 Å². The van der Waals surface area contributed by atoms with Gasteiger partial charge in [0.1, 0.15) is 11.8 Å². The molecule has 2 rings (SSSR count). The van der Waals surface area contributed by atoms with Gasteiger partial charge in [0, 0.05) is 11.3 Å². The first-order valence-electron chi connectivity index (χ1n) is 8.65. The maximum absolute atomic E-state index is 12.7. The summed E-state index contributed by atoms with van der Waals surface area (Å²) in [4.78, 5) is 25.2. The molecule has 1 unspecified atom stereocenters. The molecule has 1 atom stereocenters. The van der Waals surface area contributed by atoms with E-state index in [4.69, 9.17) is 4.74 Å². The van der Waals surface area contributed by atoms with Gasteiger partial charge in [-0.2, -0.15) is 0 Å². The predicted octanol–water partition coefficient (Wildman–Crippen LogP) is 3.71. The highest BCUT2D eigenvalue weighted by Gasteiger charge is 2.25. The summed E-state index contributed by atoms with van der Waals surface area (Å²) in [6.07, 6.45) is 0. The van der Waals surface area contributed by atoms with Crippen LogP contribution < -0.4 is 15.4 Å². The first-order chi connectivity index (χ1) is 12.3. The molecule has 138 valence electrons. The summed E-state index contributed by atoms with van der Waals surface area (Å²) in [7, 11) is 1.57. The first kappa shape index (κ1) is 19.5. The smallest absolute Gasteiger partial charge is 0.251 e. The van der Waals surface area contributed by atoms with Crippen LogP contribution in [0.15, 0.2) is 42.5 Å². The molecule has 0 radical (unpaired) electrons. The largest absolute Gasteiger partial charge is 0.497 e. The lowest BCUT2D eigenvalue weighted by molar-refractivity contribution is -0.118. The van der Waals surface area contributed by atoms with Crippen LogP contribution in [-0.2, 0) is 4.79 Å². The van der Waals surface area contributed by atoms with E-state index in [0.29, 0.717) is 11.3 Å². The van der Waals surface area contributed by atoms with Crippen molar-refractivity contribution in [3.8, 4) is 5.75 Å². The number of carbonyl (C=O) groups is 2. The Labute approximate surface area is 154 Å². The average Bonchev–Trinajstić information content (AvgIpc) is 2.62. The SMILES string of the molecule is COc1ccc(C(=O)NC(C(=O)Nc2ccc(C)c(C)c2)C(C)C)cc1. The van der Waals surface area contributed by atoms with E-state index >= 15 is 0 Å². The zero-order valence-electron chi connectivity index (χ0n) is 15.9. The molecule has 0 aliphatic heterocycles. The molecule has 0 bridgehead atoms. The van der Waals surface area contributed by atoms with Crippen molar-refractivity contribution in [3.05, 3.63) is 59.2 Å². The Morgan fingerprint density at radius 1 is 0.962 bits per heavy atom. The van der Waals surface area contributed by atoms with Crippen molar-refractivity contribution in [2.75, 3.05) is 12.4 Å². The third kappa shape index (κ3) is 4.85. The molecule has 5 nitrogen and oxygen atoms in total. The molecular formula is C21H26N2O3. The van der Waals surface area contributed by atoms with Crippen LogP contribution in [0.5, 0.6) is 5.75 Å². The Hall–Kier alpha value is -2.82. The van der Waals surface area contributed by atoms with E-state index in [9.17, 15) is 9.59 Å². The van der Waals surface area contributed by atoms with Crippen LogP contribution >= 0.6 is 0 Å². The normalized spacial score (nSPS) is 11.8. The van der Waals surface area contributed by atoms with Crippen molar-refractivity contribution in [1.29, 1.82) is 0 Å². The van der Waals surface area contributed by atoms with E-state index in [1.807, 2.05) is 45.9 Å². The van der Waals surface area contributed by atoms with Crippen molar-refractivity contribution in [3.63, 3.8) is 0 Å². The molecule has 2 aromatic rings. The zero-order chi connectivity index (χ0) is 19.3. The molecule has 0 aromatic heterocycles.